The summed E-state index contributed by atoms with van der Waals surface area (Å²) in [6.07, 6.45) is -6.35. The second kappa shape index (κ2) is 6.99. The van der Waals surface area contributed by atoms with Crippen LogP contribution in [0.15, 0.2) is 24.3 Å². The van der Waals surface area contributed by atoms with Gasteiger partial charge in [0.1, 0.15) is 30.2 Å². The molecule has 1 aromatic carbocycles. The third-order valence-corrected chi connectivity index (χ3v) is 3.30. The van der Waals surface area contributed by atoms with Crippen molar-refractivity contribution < 1.29 is 34.5 Å². The maximum absolute atomic E-state index is 10.6. The Balaban J connectivity index is 2.08. The van der Waals surface area contributed by atoms with Crippen LogP contribution in [0.2, 0.25) is 0 Å². The van der Waals surface area contributed by atoms with Gasteiger partial charge in [-0.05, 0) is 12.1 Å². The van der Waals surface area contributed by atoms with Crippen molar-refractivity contribution in [3.8, 4) is 5.75 Å². The fourth-order valence-electron chi connectivity index (χ4n) is 2.10. The Hall–Kier alpha value is -1.78. The Bertz CT molecular complexity index is 507. The summed E-state index contributed by atoms with van der Waals surface area (Å²) in [6.45, 7) is 0.00503. The number of rotatable bonds is 5. The van der Waals surface area contributed by atoms with E-state index in [4.69, 9.17) is 14.2 Å². The van der Waals surface area contributed by atoms with Crippen LogP contribution in [-0.2, 0) is 9.47 Å². The minimum atomic E-state index is -1.47. The molecule has 1 heterocycles. The van der Waals surface area contributed by atoms with Gasteiger partial charge in [-0.15, -0.1) is 0 Å². The highest BCUT2D eigenvalue weighted by molar-refractivity contribution is 5.36. The molecule has 22 heavy (non-hydrogen) atoms. The van der Waals surface area contributed by atoms with Gasteiger partial charge in [-0.1, -0.05) is 0 Å². The first-order chi connectivity index (χ1) is 10.4. The molecule has 1 aliphatic rings. The third-order valence-electron chi connectivity index (χ3n) is 3.30. The summed E-state index contributed by atoms with van der Waals surface area (Å²) in [5.74, 6) is 0.217. The summed E-state index contributed by atoms with van der Waals surface area (Å²) < 4.78 is 15.6. The van der Waals surface area contributed by atoms with E-state index in [-0.39, 0.29) is 18.0 Å². The van der Waals surface area contributed by atoms with Gasteiger partial charge in [-0.2, -0.15) is 0 Å². The lowest BCUT2D eigenvalue weighted by Crippen LogP contribution is -2.60. The predicted octanol–water partition coefficient (Wildman–Crippen LogP) is -0.572. The molecule has 5 atom stereocenters. The number of methoxy groups -OCH3 is 1. The molecule has 122 valence electrons. The van der Waals surface area contributed by atoms with Gasteiger partial charge in [0.15, 0.2) is 0 Å². The Morgan fingerprint density at radius 3 is 2.36 bits per heavy atom. The highest BCUT2D eigenvalue weighted by Gasteiger charge is 2.44. The highest BCUT2D eigenvalue weighted by Crippen LogP contribution is 2.25. The van der Waals surface area contributed by atoms with Crippen LogP contribution in [-0.4, -0.2) is 64.7 Å². The first-order valence-electron chi connectivity index (χ1n) is 6.53. The summed E-state index contributed by atoms with van der Waals surface area (Å²) in [7, 11) is 1.40. The molecule has 0 aromatic heterocycles. The van der Waals surface area contributed by atoms with E-state index in [1.807, 2.05) is 0 Å². The summed E-state index contributed by atoms with van der Waals surface area (Å²) in [6, 6.07) is 5.17. The molecule has 0 amide bonds. The number of benzene rings is 1. The van der Waals surface area contributed by atoms with Gasteiger partial charge in [0.25, 0.3) is 5.69 Å². The summed E-state index contributed by atoms with van der Waals surface area (Å²) >= 11 is 0. The number of nitro groups is 1. The number of nitrogens with zero attached hydrogens (tertiary/aromatic N) is 1. The fraction of sp³-hybridized carbons (Fsp3) is 0.538. The molecule has 1 saturated heterocycles. The lowest BCUT2D eigenvalue weighted by molar-refractivity contribution is -0.384. The molecule has 0 spiro atoms. The summed E-state index contributed by atoms with van der Waals surface area (Å²) in [5.41, 5.74) is -0.106. The molecular weight excluding hydrogens is 298 g/mol. The molecule has 0 saturated carbocycles. The molecule has 1 aromatic rings. The van der Waals surface area contributed by atoms with E-state index >= 15 is 0 Å². The van der Waals surface area contributed by atoms with Crippen LogP contribution < -0.4 is 4.74 Å². The minimum absolute atomic E-state index is 0.00503. The molecule has 9 nitrogen and oxygen atoms in total. The zero-order valence-corrected chi connectivity index (χ0v) is 11.7. The van der Waals surface area contributed by atoms with Crippen molar-refractivity contribution in [3.63, 3.8) is 0 Å². The molecule has 0 radical (unpaired) electrons. The topological polar surface area (TPSA) is 132 Å². The van der Waals surface area contributed by atoms with Crippen LogP contribution in [0.1, 0.15) is 0 Å². The summed E-state index contributed by atoms with van der Waals surface area (Å²) in [5, 5.41) is 40.0. The maximum atomic E-state index is 10.6. The number of aliphatic hydroxyl groups is 3. The van der Waals surface area contributed by atoms with Crippen molar-refractivity contribution in [2.75, 3.05) is 13.7 Å². The zero-order valence-electron chi connectivity index (χ0n) is 11.7. The smallest absolute Gasteiger partial charge is 0.269 e. The van der Waals surface area contributed by atoms with Gasteiger partial charge in [0, 0.05) is 19.2 Å². The van der Waals surface area contributed by atoms with E-state index in [0.717, 1.165) is 0 Å². The van der Waals surface area contributed by atoms with Crippen molar-refractivity contribution in [2.24, 2.45) is 0 Å². The molecule has 3 N–H and O–H groups in total. The van der Waals surface area contributed by atoms with Gasteiger partial charge in [-0.3, -0.25) is 10.1 Å². The van der Waals surface area contributed by atoms with Gasteiger partial charge < -0.3 is 29.5 Å². The second-order valence-corrected chi connectivity index (χ2v) is 4.84. The Morgan fingerprint density at radius 2 is 1.82 bits per heavy atom. The quantitative estimate of drug-likeness (QED) is 0.486. The van der Waals surface area contributed by atoms with Gasteiger partial charge >= 0.3 is 0 Å². The normalized spacial score (nSPS) is 31.7. The van der Waals surface area contributed by atoms with Crippen LogP contribution >= 0.6 is 0 Å². The molecular formula is C13H17NO8. The summed E-state index contributed by atoms with van der Waals surface area (Å²) in [4.78, 5) is 10.0. The van der Waals surface area contributed by atoms with Gasteiger partial charge in [-0.25, -0.2) is 0 Å². The Morgan fingerprint density at radius 1 is 1.18 bits per heavy atom. The molecule has 1 aliphatic heterocycles. The minimum Gasteiger partial charge on any atom is -0.462 e. The van der Waals surface area contributed by atoms with Crippen molar-refractivity contribution in [1.29, 1.82) is 0 Å². The average Bonchev–Trinajstić information content (AvgIpc) is 2.50. The Kier molecular flexibility index (Phi) is 5.27. The van der Waals surface area contributed by atoms with E-state index in [1.165, 1.54) is 31.4 Å². The predicted molar refractivity (Wildman–Crippen MR) is 72.3 cm³/mol. The van der Waals surface area contributed by atoms with E-state index in [0.29, 0.717) is 0 Å². The fourth-order valence-corrected chi connectivity index (χ4v) is 2.10. The number of hydrogen-bond donors (Lipinski definition) is 3. The van der Waals surface area contributed by atoms with Crippen LogP contribution in [0.25, 0.3) is 0 Å². The number of aliphatic hydroxyl groups excluding tert-OH is 3. The number of hydrogen-bond acceptors (Lipinski definition) is 8. The van der Waals surface area contributed by atoms with Crippen molar-refractivity contribution in [3.05, 3.63) is 34.4 Å². The third kappa shape index (κ3) is 3.51. The van der Waals surface area contributed by atoms with E-state index in [9.17, 15) is 25.4 Å². The lowest BCUT2D eigenvalue weighted by Gasteiger charge is -2.39. The van der Waals surface area contributed by atoms with Crippen molar-refractivity contribution >= 4 is 5.69 Å². The molecule has 0 aliphatic carbocycles. The first-order valence-corrected chi connectivity index (χ1v) is 6.53. The van der Waals surface area contributed by atoms with Crippen LogP contribution in [0.4, 0.5) is 5.69 Å². The Labute approximate surface area is 125 Å². The lowest BCUT2D eigenvalue weighted by atomic mass is 9.99. The van der Waals surface area contributed by atoms with Gasteiger partial charge in [0.2, 0.25) is 6.29 Å². The van der Waals surface area contributed by atoms with Crippen LogP contribution in [0.3, 0.4) is 0 Å². The highest BCUT2D eigenvalue weighted by atomic mass is 16.7. The largest absolute Gasteiger partial charge is 0.462 e. The number of non-ortho nitro benzene ring substituents is 1. The van der Waals surface area contributed by atoms with E-state index in [2.05, 4.69) is 0 Å². The molecule has 2 rings (SSSR count). The zero-order chi connectivity index (χ0) is 16.3. The van der Waals surface area contributed by atoms with E-state index < -0.39 is 35.6 Å². The monoisotopic (exact) mass is 315 g/mol. The van der Waals surface area contributed by atoms with Crippen molar-refractivity contribution in [1.82, 2.24) is 0 Å². The molecule has 0 unspecified atom stereocenters. The molecule has 9 heteroatoms. The number of ether oxygens (including phenoxy) is 3. The van der Waals surface area contributed by atoms with Crippen molar-refractivity contribution in [2.45, 2.75) is 30.7 Å². The molecule has 0 bridgehead atoms. The SMILES string of the molecule is COC[C@H]1O[C@H](Oc2ccc([N+](=O)[O-])cc2)[C@@H](O)[C@@H](O)[C@@H]1O. The molecule has 1 fully saturated rings. The first kappa shape index (κ1) is 16.6. The number of nitro benzene ring substituents is 1. The van der Waals surface area contributed by atoms with Crippen LogP contribution in [0, 0.1) is 10.1 Å². The van der Waals surface area contributed by atoms with E-state index in [1.54, 1.807) is 0 Å². The second-order valence-electron chi connectivity index (χ2n) is 4.84. The van der Waals surface area contributed by atoms with Gasteiger partial charge in [0.05, 0.1) is 11.5 Å². The average molecular weight is 315 g/mol. The standard InChI is InChI=1S/C13H17NO8/c1-20-6-9-10(15)11(16)12(17)13(22-9)21-8-4-2-7(3-5-8)14(18)19/h2-5,9-13,15-17H,6H2,1H3/t9-,10-,11+,12+,13+/m1/s1. The maximum Gasteiger partial charge on any atom is 0.269 e. The van der Waals surface area contributed by atoms with Crippen LogP contribution in [0.5, 0.6) is 5.75 Å².